The van der Waals surface area contributed by atoms with Gasteiger partial charge < -0.3 is 20.8 Å². The SMILES string of the molecule is Cn1c(C(C)(C)NC(=O)C(=O)O)nc(C(=O)NCc2ccc(F)cc2)c(O)c1=O. The third-order valence-electron chi connectivity index (χ3n) is 4.03. The average Bonchev–Trinajstić information content (AvgIpc) is 2.65. The minimum Gasteiger partial charge on any atom is -0.501 e. The first kappa shape index (κ1) is 21.5. The maximum Gasteiger partial charge on any atom is 0.394 e. The molecule has 154 valence electrons. The summed E-state index contributed by atoms with van der Waals surface area (Å²) in [5.74, 6) is -5.46. The van der Waals surface area contributed by atoms with E-state index in [1.165, 1.54) is 45.2 Å². The molecule has 2 aromatic rings. The Kier molecular flexibility index (Phi) is 6.01. The van der Waals surface area contributed by atoms with Crippen LogP contribution in [0.2, 0.25) is 0 Å². The van der Waals surface area contributed by atoms with E-state index < -0.39 is 46.1 Å². The number of nitrogens with zero attached hydrogens (tertiary/aromatic N) is 2. The van der Waals surface area contributed by atoms with Crippen LogP contribution in [0.1, 0.15) is 35.7 Å². The van der Waals surface area contributed by atoms with Crippen molar-refractivity contribution in [1.29, 1.82) is 0 Å². The van der Waals surface area contributed by atoms with Crippen molar-refractivity contribution in [2.75, 3.05) is 0 Å². The highest BCUT2D eigenvalue weighted by Crippen LogP contribution is 2.20. The number of aromatic nitrogens is 2. The molecule has 1 aromatic heterocycles. The van der Waals surface area contributed by atoms with Gasteiger partial charge in [-0.2, -0.15) is 0 Å². The van der Waals surface area contributed by atoms with Gasteiger partial charge in [0.05, 0.1) is 5.54 Å². The first-order chi connectivity index (χ1) is 13.4. The largest absolute Gasteiger partial charge is 0.501 e. The van der Waals surface area contributed by atoms with Crippen molar-refractivity contribution in [3.63, 3.8) is 0 Å². The number of benzene rings is 1. The maximum atomic E-state index is 12.9. The van der Waals surface area contributed by atoms with Crippen LogP contribution in [0.15, 0.2) is 29.1 Å². The fraction of sp³-hybridized carbons (Fsp3) is 0.278. The molecule has 0 bridgehead atoms. The summed E-state index contributed by atoms with van der Waals surface area (Å²) in [5, 5.41) is 23.5. The number of rotatable bonds is 5. The van der Waals surface area contributed by atoms with Gasteiger partial charge in [0.2, 0.25) is 5.75 Å². The number of carboxylic acids is 1. The van der Waals surface area contributed by atoms with Crippen molar-refractivity contribution in [2.24, 2.45) is 7.05 Å². The molecule has 0 radical (unpaired) electrons. The Morgan fingerprint density at radius 2 is 1.79 bits per heavy atom. The Morgan fingerprint density at radius 1 is 1.21 bits per heavy atom. The molecule has 0 atom stereocenters. The second-order valence-corrected chi connectivity index (χ2v) is 6.69. The lowest BCUT2D eigenvalue weighted by Gasteiger charge is -2.27. The van der Waals surface area contributed by atoms with Gasteiger partial charge in [-0.15, -0.1) is 0 Å². The van der Waals surface area contributed by atoms with Crippen LogP contribution in [-0.2, 0) is 28.7 Å². The van der Waals surface area contributed by atoms with Crippen LogP contribution in [0, 0.1) is 5.82 Å². The number of carbonyl (C=O) groups excluding carboxylic acids is 2. The summed E-state index contributed by atoms with van der Waals surface area (Å²) in [6.07, 6.45) is 0. The van der Waals surface area contributed by atoms with Crippen molar-refractivity contribution >= 4 is 17.8 Å². The molecule has 2 rings (SSSR count). The number of aliphatic carboxylic acids is 1. The van der Waals surface area contributed by atoms with E-state index in [0.29, 0.717) is 5.56 Å². The second-order valence-electron chi connectivity index (χ2n) is 6.69. The van der Waals surface area contributed by atoms with Crippen LogP contribution in [0.5, 0.6) is 5.75 Å². The summed E-state index contributed by atoms with van der Waals surface area (Å²) in [6, 6.07) is 5.31. The number of carbonyl (C=O) groups is 3. The van der Waals surface area contributed by atoms with Crippen LogP contribution in [0.4, 0.5) is 4.39 Å². The van der Waals surface area contributed by atoms with Gasteiger partial charge in [0.1, 0.15) is 11.6 Å². The van der Waals surface area contributed by atoms with Gasteiger partial charge in [0, 0.05) is 13.6 Å². The molecule has 29 heavy (non-hydrogen) atoms. The van der Waals surface area contributed by atoms with Gasteiger partial charge in [0.15, 0.2) is 5.69 Å². The Morgan fingerprint density at radius 3 is 2.34 bits per heavy atom. The van der Waals surface area contributed by atoms with Gasteiger partial charge in [-0.1, -0.05) is 12.1 Å². The van der Waals surface area contributed by atoms with Gasteiger partial charge in [-0.05, 0) is 31.5 Å². The lowest BCUT2D eigenvalue weighted by atomic mass is 10.0. The van der Waals surface area contributed by atoms with Gasteiger partial charge in [0.25, 0.3) is 11.5 Å². The Bertz CT molecular complexity index is 1030. The zero-order valence-electron chi connectivity index (χ0n) is 15.8. The lowest BCUT2D eigenvalue weighted by Crippen LogP contribution is -2.48. The van der Waals surface area contributed by atoms with E-state index in [4.69, 9.17) is 5.11 Å². The molecule has 0 aliphatic heterocycles. The van der Waals surface area contributed by atoms with Crippen LogP contribution in [0.3, 0.4) is 0 Å². The maximum absolute atomic E-state index is 12.9. The van der Waals surface area contributed by atoms with E-state index in [2.05, 4.69) is 15.6 Å². The summed E-state index contributed by atoms with van der Waals surface area (Å²) in [7, 11) is 1.25. The van der Waals surface area contributed by atoms with Crippen molar-refractivity contribution in [1.82, 2.24) is 20.2 Å². The van der Waals surface area contributed by atoms with E-state index in [1.54, 1.807) is 0 Å². The zero-order chi connectivity index (χ0) is 21.9. The van der Waals surface area contributed by atoms with E-state index in [9.17, 15) is 28.7 Å². The number of nitrogens with one attached hydrogen (secondary N) is 2. The van der Waals surface area contributed by atoms with E-state index >= 15 is 0 Å². The minimum atomic E-state index is -1.74. The summed E-state index contributed by atoms with van der Waals surface area (Å²) in [5.41, 5.74) is -2.44. The molecule has 0 aliphatic carbocycles. The molecule has 4 N–H and O–H groups in total. The lowest BCUT2D eigenvalue weighted by molar-refractivity contribution is -0.151. The Hall–Kier alpha value is -3.76. The smallest absolute Gasteiger partial charge is 0.394 e. The number of carboxylic acid groups (broad SMARTS) is 1. The topological polar surface area (TPSA) is 151 Å². The molecule has 1 heterocycles. The fourth-order valence-electron chi connectivity index (χ4n) is 2.57. The minimum absolute atomic E-state index is 0.0239. The van der Waals surface area contributed by atoms with E-state index in [-0.39, 0.29) is 12.4 Å². The molecule has 0 aliphatic rings. The van der Waals surface area contributed by atoms with Gasteiger partial charge in [-0.25, -0.2) is 14.2 Å². The molecule has 10 nitrogen and oxygen atoms in total. The first-order valence-electron chi connectivity index (χ1n) is 8.32. The third-order valence-corrected chi connectivity index (χ3v) is 4.03. The molecule has 0 unspecified atom stereocenters. The predicted octanol–water partition coefficient (Wildman–Crippen LogP) is -0.00910. The highest BCUT2D eigenvalue weighted by molar-refractivity contribution is 6.31. The highest BCUT2D eigenvalue weighted by atomic mass is 19.1. The molecule has 0 saturated carbocycles. The normalized spacial score (nSPS) is 11.0. The van der Waals surface area contributed by atoms with E-state index in [0.717, 1.165) is 4.57 Å². The van der Waals surface area contributed by atoms with Crippen LogP contribution < -0.4 is 16.2 Å². The molecule has 0 fully saturated rings. The number of aromatic hydroxyl groups is 1. The zero-order valence-corrected chi connectivity index (χ0v) is 15.8. The first-order valence-corrected chi connectivity index (χ1v) is 8.32. The number of amides is 2. The molecule has 1 aromatic carbocycles. The van der Waals surface area contributed by atoms with Crippen molar-refractivity contribution in [3.8, 4) is 5.75 Å². The summed E-state index contributed by atoms with van der Waals surface area (Å²) in [6.45, 7) is 2.74. The number of hydrogen-bond acceptors (Lipinski definition) is 6. The summed E-state index contributed by atoms with van der Waals surface area (Å²) in [4.78, 5) is 51.1. The molecule has 0 saturated heterocycles. The van der Waals surface area contributed by atoms with Crippen molar-refractivity contribution in [2.45, 2.75) is 25.9 Å². The number of hydrogen-bond donors (Lipinski definition) is 4. The van der Waals surface area contributed by atoms with Gasteiger partial charge >= 0.3 is 11.9 Å². The predicted molar refractivity (Wildman–Crippen MR) is 97.5 cm³/mol. The Labute approximate surface area is 164 Å². The number of halogens is 1. The van der Waals surface area contributed by atoms with Gasteiger partial charge in [-0.3, -0.25) is 19.0 Å². The van der Waals surface area contributed by atoms with Crippen LogP contribution in [0.25, 0.3) is 0 Å². The fourth-order valence-corrected chi connectivity index (χ4v) is 2.57. The summed E-state index contributed by atoms with van der Waals surface area (Å²) >= 11 is 0. The molecular weight excluding hydrogens is 387 g/mol. The van der Waals surface area contributed by atoms with Crippen LogP contribution >= 0.6 is 0 Å². The molecular formula is C18H19FN4O6. The highest BCUT2D eigenvalue weighted by Gasteiger charge is 2.32. The third kappa shape index (κ3) is 4.75. The quantitative estimate of drug-likeness (QED) is 0.510. The molecule has 0 spiro atoms. The standard InChI is InChI=1S/C18H19FN4O6/c1-18(2,22-14(26)16(28)29)17-21-11(12(24)15(27)23(17)3)13(25)20-8-9-4-6-10(19)7-5-9/h4-7,24H,8H2,1-3H3,(H,20,25)(H,22,26)(H,28,29). The monoisotopic (exact) mass is 406 g/mol. The van der Waals surface area contributed by atoms with E-state index in [1.807, 2.05) is 0 Å². The Balaban J connectivity index is 2.36. The average molecular weight is 406 g/mol. The van der Waals surface area contributed by atoms with Crippen molar-refractivity contribution < 1.29 is 29.0 Å². The summed E-state index contributed by atoms with van der Waals surface area (Å²) < 4.78 is 13.8. The molecule has 11 heteroatoms. The van der Waals surface area contributed by atoms with Crippen molar-refractivity contribution in [3.05, 3.63) is 57.5 Å². The van der Waals surface area contributed by atoms with Crippen LogP contribution in [-0.4, -0.2) is 37.5 Å². The second kappa shape index (κ2) is 8.09. The molecule has 2 amide bonds.